The van der Waals surface area contributed by atoms with Gasteiger partial charge in [0.1, 0.15) is 17.3 Å². The van der Waals surface area contributed by atoms with Crippen LogP contribution in [0.2, 0.25) is 0 Å². The average molecular weight is 337 g/mol. The van der Waals surface area contributed by atoms with Crippen molar-refractivity contribution in [2.75, 3.05) is 17.3 Å². The Kier molecular flexibility index (Phi) is 4.07. The fourth-order valence-electron chi connectivity index (χ4n) is 3.65. The Morgan fingerprint density at radius 2 is 2.04 bits per heavy atom. The van der Waals surface area contributed by atoms with Crippen LogP contribution in [0.1, 0.15) is 48.0 Å². The van der Waals surface area contributed by atoms with Crippen LogP contribution in [0.25, 0.3) is 0 Å². The fourth-order valence-corrected chi connectivity index (χ4v) is 3.65. The molecule has 1 N–H and O–H groups in total. The maximum Gasteiger partial charge on any atom is 0.261 e. The normalized spacial score (nSPS) is 17.4. The van der Waals surface area contributed by atoms with Crippen molar-refractivity contribution >= 4 is 17.4 Å². The third-order valence-corrected chi connectivity index (χ3v) is 5.12. The van der Waals surface area contributed by atoms with Gasteiger partial charge in [-0.15, -0.1) is 0 Å². The molecule has 0 unspecified atom stereocenters. The molecule has 1 amide bonds. The number of pyridine rings is 1. The van der Waals surface area contributed by atoms with E-state index in [1.54, 1.807) is 18.1 Å². The Morgan fingerprint density at radius 1 is 1.24 bits per heavy atom. The number of nitrogens with zero attached hydrogens (tertiary/aromatic N) is 2. The van der Waals surface area contributed by atoms with Gasteiger partial charge in [-0.1, -0.05) is 31.4 Å². The third-order valence-electron chi connectivity index (χ3n) is 5.12. The van der Waals surface area contributed by atoms with Gasteiger partial charge in [0.15, 0.2) is 5.75 Å². The number of rotatable bonds is 2. The topological polar surface area (TPSA) is 54.5 Å². The second kappa shape index (κ2) is 6.39. The highest BCUT2D eigenvalue weighted by Gasteiger charge is 2.27. The van der Waals surface area contributed by atoms with Gasteiger partial charge < -0.3 is 15.0 Å². The van der Waals surface area contributed by atoms with Gasteiger partial charge in [0.25, 0.3) is 5.91 Å². The molecule has 1 aromatic carbocycles. The molecule has 1 fully saturated rings. The summed E-state index contributed by atoms with van der Waals surface area (Å²) in [5.41, 5.74) is 2.22. The van der Waals surface area contributed by atoms with E-state index in [1.165, 1.54) is 32.1 Å². The van der Waals surface area contributed by atoms with Crippen molar-refractivity contribution in [2.24, 2.45) is 0 Å². The Hall–Kier alpha value is -2.56. The highest BCUT2D eigenvalue weighted by atomic mass is 16.5. The second-order valence-electron chi connectivity index (χ2n) is 6.93. The molecule has 5 nitrogen and oxygen atoms in total. The number of anilines is 2. The number of carbonyl (C=O) groups is 1. The quantitative estimate of drug-likeness (QED) is 0.875. The second-order valence-corrected chi connectivity index (χ2v) is 6.93. The van der Waals surface area contributed by atoms with E-state index in [2.05, 4.69) is 10.3 Å². The van der Waals surface area contributed by atoms with E-state index in [9.17, 15) is 4.79 Å². The Balaban J connectivity index is 1.70. The first-order valence-electron chi connectivity index (χ1n) is 8.95. The zero-order chi connectivity index (χ0) is 17.4. The van der Waals surface area contributed by atoms with Crippen LogP contribution in [0.15, 0.2) is 30.5 Å². The summed E-state index contributed by atoms with van der Waals surface area (Å²) in [6.45, 7) is 1.96. The highest BCUT2D eigenvalue weighted by Crippen LogP contribution is 2.40. The van der Waals surface area contributed by atoms with Gasteiger partial charge in [0.05, 0.1) is 11.8 Å². The number of fused-ring (bicyclic) bond motifs is 2. The SMILES string of the molecule is Cc1cccc2c1Oc1cc(NC3CCCCC3)ncc1N(C)C2=O. The van der Waals surface area contributed by atoms with Crippen LogP contribution in [-0.2, 0) is 0 Å². The van der Waals surface area contributed by atoms with E-state index in [4.69, 9.17) is 4.74 Å². The van der Waals surface area contributed by atoms with E-state index < -0.39 is 0 Å². The van der Waals surface area contributed by atoms with Crippen LogP contribution < -0.4 is 15.0 Å². The van der Waals surface area contributed by atoms with Crippen LogP contribution in [0.3, 0.4) is 0 Å². The molecule has 0 atom stereocenters. The molecule has 130 valence electrons. The lowest BCUT2D eigenvalue weighted by Crippen LogP contribution is -2.26. The third kappa shape index (κ3) is 2.95. The molecule has 1 aliphatic carbocycles. The number of para-hydroxylation sites is 1. The number of carbonyl (C=O) groups excluding carboxylic acids is 1. The van der Waals surface area contributed by atoms with E-state index in [-0.39, 0.29) is 5.91 Å². The standard InChI is InChI=1S/C20H23N3O2/c1-13-7-6-10-15-19(13)25-17-11-18(22-14-8-4-3-5-9-14)21-12-16(17)23(2)20(15)24/h6-7,10-12,14H,3-5,8-9H2,1-2H3,(H,21,22). The van der Waals surface area contributed by atoms with Crippen LogP contribution in [0, 0.1) is 6.92 Å². The maximum absolute atomic E-state index is 12.8. The predicted octanol–water partition coefficient (Wildman–Crippen LogP) is 4.52. The van der Waals surface area contributed by atoms with Gasteiger partial charge in [0.2, 0.25) is 0 Å². The Labute approximate surface area is 148 Å². The van der Waals surface area contributed by atoms with Gasteiger partial charge in [-0.25, -0.2) is 4.98 Å². The van der Waals surface area contributed by atoms with E-state index in [0.29, 0.717) is 28.8 Å². The fraction of sp³-hybridized carbons (Fsp3) is 0.400. The van der Waals surface area contributed by atoms with Gasteiger partial charge >= 0.3 is 0 Å². The van der Waals surface area contributed by atoms with Gasteiger partial charge in [-0.05, 0) is 31.4 Å². The minimum absolute atomic E-state index is 0.0766. The number of hydrogen-bond donors (Lipinski definition) is 1. The smallest absolute Gasteiger partial charge is 0.261 e. The van der Waals surface area contributed by atoms with E-state index >= 15 is 0 Å². The molecule has 5 heteroatoms. The molecule has 0 bridgehead atoms. The van der Waals surface area contributed by atoms with Crippen molar-refractivity contribution in [3.63, 3.8) is 0 Å². The summed E-state index contributed by atoms with van der Waals surface area (Å²) in [5.74, 6) is 2.03. The molecular weight excluding hydrogens is 314 g/mol. The number of ether oxygens (including phenoxy) is 1. The molecule has 1 aliphatic heterocycles. The minimum atomic E-state index is -0.0766. The molecule has 2 heterocycles. The Bertz CT molecular complexity index is 813. The zero-order valence-corrected chi connectivity index (χ0v) is 14.7. The number of hydrogen-bond acceptors (Lipinski definition) is 4. The van der Waals surface area contributed by atoms with Crippen molar-refractivity contribution in [1.82, 2.24) is 4.98 Å². The average Bonchev–Trinajstić information content (AvgIpc) is 2.73. The van der Waals surface area contributed by atoms with Crippen LogP contribution in [0.4, 0.5) is 11.5 Å². The lowest BCUT2D eigenvalue weighted by Gasteiger charge is -2.24. The molecule has 1 aromatic heterocycles. The summed E-state index contributed by atoms with van der Waals surface area (Å²) in [7, 11) is 1.76. The number of aromatic nitrogens is 1. The minimum Gasteiger partial charge on any atom is -0.454 e. The summed E-state index contributed by atoms with van der Waals surface area (Å²) in [6, 6.07) is 8.03. The summed E-state index contributed by atoms with van der Waals surface area (Å²) >= 11 is 0. The molecule has 1 saturated carbocycles. The first kappa shape index (κ1) is 15.9. The van der Waals surface area contributed by atoms with Crippen LogP contribution in [0.5, 0.6) is 11.5 Å². The molecule has 0 saturated heterocycles. The van der Waals surface area contributed by atoms with Crippen molar-refractivity contribution < 1.29 is 9.53 Å². The first-order valence-corrected chi connectivity index (χ1v) is 8.95. The Morgan fingerprint density at radius 3 is 2.84 bits per heavy atom. The summed E-state index contributed by atoms with van der Waals surface area (Å²) in [4.78, 5) is 18.9. The van der Waals surface area contributed by atoms with Crippen molar-refractivity contribution in [1.29, 1.82) is 0 Å². The molecule has 2 aromatic rings. The molecule has 2 aliphatic rings. The molecule has 0 radical (unpaired) electrons. The van der Waals surface area contributed by atoms with Crippen LogP contribution in [-0.4, -0.2) is 24.0 Å². The summed E-state index contributed by atoms with van der Waals surface area (Å²) in [6.07, 6.45) is 7.94. The first-order chi connectivity index (χ1) is 12.1. The van der Waals surface area contributed by atoms with Gasteiger partial charge in [-0.2, -0.15) is 0 Å². The van der Waals surface area contributed by atoms with E-state index in [1.807, 2.05) is 31.2 Å². The summed E-state index contributed by atoms with van der Waals surface area (Å²) < 4.78 is 6.16. The largest absolute Gasteiger partial charge is 0.454 e. The number of aryl methyl sites for hydroxylation is 1. The zero-order valence-electron chi connectivity index (χ0n) is 14.7. The van der Waals surface area contributed by atoms with Crippen molar-refractivity contribution in [3.8, 4) is 11.5 Å². The van der Waals surface area contributed by atoms with Crippen LogP contribution >= 0.6 is 0 Å². The van der Waals surface area contributed by atoms with Gasteiger partial charge in [0, 0.05) is 19.2 Å². The lowest BCUT2D eigenvalue weighted by molar-refractivity contribution is 0.0993. The maximum atomic E-state index is 12.8. The highest BCUT2D eigenvalue weighted by molar-refractivity contribution is 6.09. The number of benzene rings is 1. The predicted molar refractivity (Wildman–Crippen MR) is 98.7 cm³/mol. The molecule has 4 rings (SSSR count). The summed E-state index contributed by atoms with van der Waals surface area (Å²) in [5, 5.41) is 3.52. The van der Waals surface area contributed by atoms with Crippen molar-refractivity contribution in [2.45, 2.75) is 45.1 Å². The van der Waals surface area contributed by atoms with Crippen molar-refractivity contribution in [3.05, 3.63) is 41.6 Å². The molecule has 25 heavy (non-hydrogen) atoms. The lowest BCUT2D eigenvalue weighted by atomic mass is 9.95. The molecular formula is C20H23N3O2. The van der Waals surface area contributed by atoms with Gasteiger partial charge in [-0.3, -0.25) is 4.79 Å². The number of nitrogens with one attached hydrogen (secondary N) is 1. The van der Waals surface area contributed by atoms with E-state index in [0.717, 1.165) is 11.4 Å². The molecule has 0 spiro atoms. The monoisotopic (exact) mass is 337 g/mol. The number of amides is 1.